The number of sulfone groups is 2. The van der Waals surface area contributed by atoms with Crippen molar-refractivity contribution < 1.29 is 88.2 Å². The summed E-state index contributed by atoms with van der Waals surface area (Å²) in [5.41, 5.74) is 18.8. The van der Waals surface area contributed by atoms with Gasteiger partial charge in [0.05, 0.1) is 35.8 Å². The maximum atomic E-state index is 13.9. The molecule has 19 rings (SSSR count). The van der Waals surface area contributed by atoms with Crippen LogP contribution in [0.4, 0.5) is 8.78 Å². The Bertz CT molecular complexity index is 6000. The first-order valence-electron chi connectivity index (χ1n) is 36.5. The van der Waals surface area contributed by atoms with Crippen molar-refractivity contribution in [3.8, 4) is 79.4 Å². The normalized spacial score (nSPS) is 13.2. The summed E-state index contributed by atoms with van der Waals surface area (Å²) in [6.45, 7) is 0. The first kappa shape index (κ1) is 75.2. The molecular weight excluding hydrogens is 1540 g/mol. The van der Waals surface area contributed by atoms with Gasteiger partial charge in [-0.1, -0.05) is 218 Å². The number of benzene rings is 16. The van der Waals surface area contributed by atoms with Crippen LogP contribution in [0.3, 0.4) is 0 Å². The van der Waals surface area contributed by atoms with E-state index < -0.39 is 47.6 Å². The van der Waals surface area contributed by atoms with E-state index in [1.165, 1.54) is 68.8 Å². The van der Waals surface area contributed by atoms with Gasteiger partial charge in [-0.15, -0.1) is 0 Å². The average Bonchev–Trinajstić information content (AvgIpc) is 1.54. The molecule has 16 aromatic carbocycles. The van der Waals surface area contributed by atoms with Crippen LogP contribution in [-0.4, -0.2) is 37.3 Å². The van der Waals surface area contributed by atoms with Crippen molar-refractivity contribution in [1.82, 2.24) is 0 Å². The van der Waals surface area contributed by atoms with Crippen LogP contribution in [0.5, 0.6) is 46.0 Å². The topological polar surface area (TPSA) is 168 Å². The van der Waals surface area contributed by atoms with Gasteiger partial charge in [0, 0.05) is 32.7 Å². The summed E-state index contributed by atoms with van der Waals surface area (Å²) in [6.07, 6.45) is 0. The Hall–Kier alpha value is -12.8. The largest absolute Gasteiger partial charge is 0.508 e. The van der Waals surface area contributed by atoms with Crippen molar-refractivity contribution in [2.45, 2.75) is 35.8 Å². The maximum Gasteiger partial charge on any atom is 0.206 e. The molecule has 114 heavy (non-hydrogen) atoms. The van der Waals surface area contributed by atoms with E-state index in [0.29, 0.717) is 23.0 Å². The van der Waals surface area contributed by atoms with Crippen molar-refractivity contribution in [3.05, 3.63) is 467 Å². The molecule has 3 aliphatic carbocycles. The van der Waals surface area contributed by atoms with Gasteiger partial charge in [0.15, 0.2) is 0 Å². The van der Waals surface area contributed by atoms with Crippen LogP contribution >= 0.6 is 0 Å². The third-order valence-electron chi connectivity index (χ3n) is 21.6. The van der Waals surface area contributed by atoms with E-state index in [0.717, 1.165) is 79.9 Å². The van der Waals surface area contributed by atoms with Gasteiger partial charge in [-0.3, -0.25) is 0 Å². The number of fused-ring (bicyclic) bond motifs is 9. The van der Waals surface area contributed by atoms with Gasteiger partial charge in [-0.2, -0.15) is 0 Å². The minimum Gasteiger partial charge on any atom is -0.508 e. The Labute approximate surface area is 684 Å². The van der Waals surface area contributed by atoms with Crippen molar-refractivity contribution in [2.24, 2.45) is 0 Å². The van der Waals surface area contributed by atoms with Crippen molar-refractivity contribution in [1.29, 1.82) is 0 Å². The van der Waals surface area contributed by atoms with Gasteiger partial charge in [-0.05, 0) is 270 Å². The van der Waals surface area contributed by atoms with Crippen LogP contribution in [0.25, 0.3) is 33.4 Å². The van der Waals surface area contributed by atoms with Gasteiger partial charge < -0.3 is 29.9 Å². The summed E-state index contributed by atoms with van der Waals surface area (Å²) in [6, 6.07) is 119. The summed E-state index contributed by atoms with van der Waals surface area (Å²) >= 11 is 0. The Kier molecular flexibility index (Phi) is 20.3. The van der Waals surface area contributed by atoms with Crippen LogP contribution in [0.15, 0.2) is 408 Å². The van der Waals surface area contributed by atoms with Gasteiger partial charge in [0.1, 0.15) is 57.6 Å². The molecule has 4 N–H and O–H groups in total. The summed E-state index contributed by atoms with van der Waals surface area (Å²) in [5, 5.41) is 40.2. The zero-order valence-electron chi connectivity index (χ0n) is 60.8. The average molecular weight is 1610 g/mol. The SMILES string of the molecule is O=S(=O)(c1ccc(F)cc1)c1ccc(F)cc1.O=S(=O)(c1ccc(Oc2ccc(C3(c4ccc(O)cc4)c4ccccc4-c4ccccc43)cc2)cc1)c1ccc(Oc2ccc(C3(c4ccc(O)cc4)c4ccccc4-c4ccccc43)cc2)cc1.Oc1ccc(C2(c3ccc(O)cc3)c3ccccc3-c3ccccc32)cc1.[Y]. The van der Waals surface area contributed by atoms with Crippen molar-refractivity contribution >= 4 is 19.7 Å². The number of hydrogen-bond acceptors (Lipinski definition) is 10. The Morgan fingerprint density at radius 1 is 0.211 bits per heavy atom. The molecule has 10 nitrogen and oxygen atoms in total. The fourth-order valence-electron chi connectivity index (χ4n) is 16.6. The molecule has 0 saturated carbocycles. The summed E-state index contributed by atoms with van der Waals surface area (Å²) in [5.74, 6) is 2.09. The van der Waals surface area contributed by atoms with E-state index in [1.54, 1.807) is 97.1 Å². The van der Waals surface area contributed by atoms with Gasteiger partial charge in [0.25, 0.3) is 0 Å². The summed E-state index contributed by atoms with van der Waals surface area (Å²) in [4.78, 5) is 0.235. The molecule has 15 heteroatoms. The molecule has 0 atom stereocenters. The zero-order valence-corrected chi connectivity index (χ0v) is 65.3. The monoisotopic (exact) mass is 1610 g/mol. The zero-order chi connectivity index (χ0) is 77.6. The molecule has 0 aromatic heterocycles. The summed E-state index contributed by atoms with van der Waals surface area (Å²) < 4.78 is 89.7. The third kappa shape index (κ3) is 13.2. The molecule has 0 aliphatic heterocycles. The van der Waals surface area contributed by atoms with Crippen molar-refractivity contribution in [2.75, 3.05) is 0 Å². The second kappa shape index (κ2) is 30.7. The number of ether oxygens (including phenoxy) is 2. The smallest absolute Gasteiger partial charge is 0.206 e. The molecule has 0 unspecified atom stereocenters. The molecule has 16 aromatic rings. The van der Waals surface area contributed by atoms with Gasteiger partial charge in [0.2, 0.25) is 19.7 Å². The first-order chi connectivity index (χ1) is 54.9. The fourth-order valence-corrected chi connectivity index (χ4v) is 19.1. The van der Waals surface area contributed by atoms with Crippen LogP contribution < -0.4 is 9.47 Å². The standard InChI is InChI=1S/C62H42O6S.C25H18O2.C12H8F2O2S.Y/c63-45-25-17-41(18-26-45)61(57-13-5-1-9-53(57)54-10-2-6-14-58(54)61)43-21-29-47(30-22-43)67-49-33-37-51(38-34-49)69(65,66)52-39-35-50(36-40-52)68-48-31-23-44(24-32-48)62(42-19-27-46(64)28-20-42)59-15-7-3-11-55(59)56-12-4-8-16-60(56)62;26-19-13-9-17(10-14-19)25(18-11-15-20(27)16-12-18)23-7-3-1-5-21(23)22-6-2-4-8-24(22)25;13-9-1-5-11(6-2-9)17(15,16)12-7-3-10(14)4-8-12;/h1-40,63-64H;1-16,26-27H;1-8H;. The molecular formula is C99H68F2O10S2Y. The molecule has 0 amide bonds. The molecule has 1 radical (unpaired) electrons. The number of rotatable bonds is 14. The first-order valence-corrected chi connectivity index (χ1v) is 39.5. The molecule has 0 saturated heterocycles. The maximum absolute atomic E-state index is 13.9. The summed E-state index contributed by atoms with van der Waals surface area (Å²) in [7, 11) is -7.57. The predicted octanol–water partition coefficient (Wildman–Crippen LogP) is 22.5. The Balaban J connectivity index is 0.000000176. The number of halogens is 2. The molecule has 0 bridgehead atoms. The van der Waals surface area contributed by atoms with Crippen LogP contribution in [0.2, 0.25) is 0 Å². The Morgan fingerprint density at radius 3 is 0.561 bits per heavy atom. The van der Waals surface area contributed by atoms with E-state index >= 15 is 0 Å². The van der Waals surface area contributed by atoms with E-state index in [4.69, 9.17) is 9.47 Å². The van der Waals surface area contributed by atoms with Crippen LogP contribution in [0.1, 0.15) is 66.8 Å². The van der Waals surface area contributed by atoms with E-state index in [2.05, 4.69) is 170 Å². The molecule has 0 fully saturated rings. The van der Waals surface area contributed by atoms with Crippen LogP contribution in [0, 0.1) is 11.6 Å². The number of hydrogen-bond donors (Lipinski definition) is 4. The van der Waals surface area contributed by atoms with Gasteiger partial charge in [-0.25, -0.2) is 25.6 Å². The van der Waals surface area contributed by atoms with Gasteiger partial charge >= 0.3 is 0 Å². The fraction of sp³-hybridized carbons (Fsp3) is 0.0303. The van der Waals surface area contributed by atoms with Crippen LogP contribution in [-0.2, 0) is 68.6 Å². The van der Waals surface area contributed by atoms with Crippen molar-refractivity contribution in [3.63, 3.8) is 0 Å². The number of phenolic OH excluding ortho intramolecular Hbond substituents is 4. The second-order valence-electron chi connectivity index (χ2n) is 27.8. The molecule has 0 heterocycles. The number of aromatic hydroxyl groups is 4. The van der Waals surface area contributed by atoms with E-state index in [-0.39, 0.29) is 75.3 Å². The minimum atomic E-state index is -3.86. The second-order valence-corrected chi connectivity index (χ2v) is 31.7. The molecule has 553 valence electrons. The third-order valence-corrected chi connectivity index (χ3v) is 25.2. The predicted molar refractivity (Wildman–Crippen MR) is 435 cm³/mol. The Morgan fingerprint density at radius 2 is 0.368 bits per heavy atom. The van der Waals surface area contributed by atoms with E-state index in [1.807, 2.05) is 72.8 Å². The van der Waals surface area contributed by atoms with E-state index in [9.17, 15) is 46.0 Å². The molecule has 3 aliphatic rings. The quantitative estimate of drug-likeness (QED) is 0.0769. The number of phenols is 4. The molecule has 0 spiro atoms. The minimum absolute atomic E-state index is 0.